The fourth-order valence-corrected chi connectivity index (χ4v) is 3.77. The van der Waals surface area contributed by atoms with Gasteiger partial charge in [0.2, 0.25) is 0 Å². The first-order valence-corrected chi connectivity index (χ1v) is 14.2. The molecule has 29 heavy (non-hydrogen) atoms. The lowest BCUT2D eigenvalue weighted by atomic mass is 10.1. The van der Waals surface area contributed by atoms with Gasteiger partial charge in [-0.15, -0.1) is 0 Å². The zero-order chi connectivity index (χ0) is 21.6. The molecule has 1 rings (SSSR count). The molecule has 0 N–H and O–H groups in total. The third-order valence-corrected chi connectivity index (χ3v) is 10.2. The van der Waals surface area contributed by atoms with Crippen molar-refractivity contribution in [2.24, 2.45) is 0 Å². The summed E-state index contributed by atoms with van der Waals surface area (Å²) in [6.07, 6.45) is 13.7. The first-order valence-electron chi connectivity index (χ1n) is 11.3. The van der Waals surface area contributed by atoms with E-state index in [0.717, 1.165) is 38.7 Å². The minimum Gasteiger partial charge on any atom is -0.462 e. The molecular weight excluding hydrogens is 376 g/mol. The molecule has 0 aliphatic rings. The topological polar surface area (TPSA) is 35.5 Å². The molecular formula is C25H42O3Si. The van der Waals surface area contributed by atoms with Gasteiger partial charge in [-0.25, -0.2) is 4.79 Å². The van der Waals surface area contributed by atoms with Crippen molar-refractivity contribution in [3.8, 4) is 0 Å². The van der Waals surface area contributed by atoms with Gasteiger partial charge in [-0.05, 0) is 68.8 Å². The van der Waals surface area contributed by atoms with Crippen molar-refractivity contribution in [2.45, 2.75) is 90.3 Å². The summed E-state index contributed by atoms with van der Waals surface area (Å²) in [5.74, 6) is -0.219. The zero-order valence-electron chi connectivity index (χ0n) is 19.3. The molecule has 0 aromatic heterocycles. The lowest BCUT2D eigenvalue weighted by Gasteiger charge is -2.36. The number of allylic oxidation sites excluding steroid dienone is 2. The van der Waals surface area contributed by atoms with Crippen LogP contribution in [0.2, 0.25) is 18.1 Å². The van der Waals surface area contributed by atoms with Crippen molar-refractivity contribution in [1.82, 2.24) is 0 Å². The van der Waals surface area contributed by atoms with Gasteiger partial charge < -0.3 is 9.16 Å². The van der Waals surface area contributed by atoms with Crippen molar-refractivity contribution >= 4 is 14.3 Å². The van der Waals surface area contributed by atoms with Crippen molar-refractivity contribution in [3.05, 3.63) is 48.0 Å². The number of carbonyl (C=O) groups is 1. The van der Waals surface area contributed by atoms with Crippen molar-refractivity contribution < 1.29 is 14.0 Å². The second-order valence-corrected chi connectivity index (χ2v) is 14.1. The van der Waals surface area contributed by atoms with Gasteiger partial charge in [0.05, 0.1) is 12.2 Å². The predicted molar refractivity (Wildman–Crippen MR) is 126 cm³/mol. The van der Waals surface area contributed by atoms with Gasteiger partial charge in [0, 0.05) is 6.61 Å². The third-order valence-electron chi connectivity index (χ3n) is 5.71. The summed E-state index contributed by atoms with van der Waals surface area (Å²) in [4.78, 5) is 11.8. The lowest BCUT2D eigenvalue weighted by molar-refractivity contribution is 0.0497. The number of unbranched alkanes of at least 4 members (excludes halogenated alkanes) is 6. The molecule has 0 bridgehead atoms. The van der Waals surface area contributed by atoms with Crippen LogP contribution in [0.25, 0.3) is 0 Å². The van der Waals surface area contributed by atoms with E-state index in [1.54, 1.807) is 12.1 Å². The summed E-state index contributed by atoms with van der Waals surface area (Å²) in [6.45, 7) is 12.9. The smallest absolute Gasteiger partial charge is 0.338 e. The van der Waals surface area contributed by atoms with Crippen LogP contribution in [-0.4, -0.2) is 27.5 Å². The molecule has 1 aromatic carbocycles. The van der Waals surface area contributed by atoms with Gasteiger partial charge in [-0.1, -0.05) is 64.0 Å². The molecule has 0 spiro atoms. The summed E-state index contributed by atoms with van der Waals surface area (Å²) in [5, 5.41) is 0.302. The van der Waals surface area contributed by atoms with E-state index in [2.05, 4.69) is 46.0 Å². The molecule has 4 heteroatoms. The fourth-order valence-electron chi connectivity index (χ4n) is 2.68. The molecule has 0 heterocycles. The second kappa shape index (κ2) is 13.8. The van der Waals surface area contributed by atoms with E-state index in [1.165, 1.54) is 19.3 Å². The highest BCUT2D eigenvalue weighted by atomic mass is 28.4. The number of esters is 1. The maximum Gasteiger partial charge on any atom is 0.338 e. The van der Waals surface area contributed by atoms with E-state index >= 15 is 0 Å². The average Bonchev–Trinajstić information content (AvgIpc) is 2.67. The van der Waals surface area contributed by atoms with Crippen LogP contribution in [-0.2, 0) is 9.16 Å². The Bertz CT molecular complexity index is 588. The SMILES string of the molecule is CC(C)(C)[Si](C)(C)OCCCC/C=C\CCCCCCOC(=O)c1ccccc1. The number of carbonyl (C=O) groups excluding carboxylic acids is 1. The Morgan fingerprint density at radius 3 is 2.03 bits per heavy atom. The minimum atomic E-state index is -1.57. The zero-order valence-corrected chi connectivity index (χ0v) is 20.3. The Morgan fingerprint density at radius 1 is 0.862 bits per heavy atom. The number of ether oxygens (including phenoxy) is 1. The maximum absolute atomic E-state index is 11.8. The molecule has 0 saturated carbocycles. The van der Waals surface area contributed by atoms with E-state index in [4.69, 9.17) is 9.16 Å². The third kappa shape index (κ3) is 11.4. The second-order valence-electron chi connectivity index (χ2n) is 9.28. The van der Waals surface area contributed by atoms with E-state index in [-0.39, 0.29) is 5.97 Å². The van der Waals surface area contributed by atoms with Gasteiger partial charge in [-0.2, -0.15) is 0 Å². The van der Waals surface area contributed by atoms with Crippen molar-refractivity contribution in [1.29, 1.82) is 0 Å². The molecule has 0 atom stereocenters. The molecule has 0 saturated heterocycles. The van der Waals surface area contributed by atoms with Gasteiger partial charge in [0.1, 0.15) is 0 Å². The largest absolute Gasteiger partial charge is 0.462 e. The summed E-state index contributed by atoms with van der Waals surface area (Å²) in [5.41, 5.74) is 0.629. The Hall–Kier alpha value is -1.39. The minimum absolute atomic E-state index is 0.219. The normalized spacial score (nSPS) is 12.4. The van der Waals surface area contributed by atoms with Crippen molar-refractivity contribution in [3.63, 3.8) is 0 Å². The number of hydrogen-bond donors (Lipinski definition) is 0. The van der Waals surface area contributed by atoms with Gasteiger partial charge in [0.25, 0.3) is 0 Å². The molecule has 3 nitrogen and oxygen atoms in total. The van der Waals surface area contributed by atoms with Crippen LogP contribution >= 0.6 is 0 Å². The molecule has 0 aliphatic heterocycles. The highest BCUT2D eigenvalue weighted by Crippen LogP contribution is 2.36. The molecule has 0 radical (unpaired) electrons. The summed E-state index contributed by atoms with van der Waals surface area (Å²) in [7, 11) is -1.57. The van der Waals surface area contributed by atoms with Gasteiger partial charge >= 0.3 is 5.97 Å². The molecule has 0 amide bonds. The lowest BCUT2D eigenvalue weighted by Crippen LogP contribution is -2.40. The quantitative estimate of drug-likeness (QED) is 0.135. The Kier molecular flexibility index (Phi) is 12.2. The van der Waals surface area contributed by atoms with Crippen LogP contribution in [0.3, 0.4) is 0 Å². The van der Waals surface area contributed by atoms with Gasteiger partial charge in [0.15, 0.2) is 8.32 Å². The Morgan fingerprint density at radius 2 is 1.41 bits per heavy atom. The van der Waals surface area contributed by atoms with Crippen LogP contribution in [0.4, 0.5) is 0 Å². The first-order chi connectivity index (χ1) is 13.7. The van der Waals surface area contributed by atoms with Crippen LogP contribution in [0.15, 0.2) is 42.5 Å². The molecule has 1 aromatic rings. The molecule has 164 valence electrons. The van der Waals surface area contributed by atoms with E-state index in [0.29, 0.717) is 17.2 Å². The van der Waals surface area contributed by atoms with Gasteiger partial charge in [-0.3, -0.25) is 0 Å². The first kappa shape index (κ1) is 25.6. The highest BCUT2D eigenvalue weighted by molar-refractivity contribution is 6.74. The number of hydrogen-bond acceptors (Lipinski definition) is 3. The van der Waals surface area contributed by atoms with E-state index < -0.39 is 8.32 Å². The maximum atomic E-state index is 11.8. The standard InChI is InChI=1S/C25H42O3Si/c1-25(2,3)29(4,5)28-22-18-13-11-9-7-6-8-10-12-17-21-27-24(26)23-19-15-14-16-20-23/h7,9,14-16,19-20H,6,8,10-13,17-18,21-22H2,1-5H3/b9-7-. The monoisotopic (exact) mass is 418 g/mol. The summed E-state index contributed by atoms with van der Waals surface area (Å²) < 4.78 is 11.5. The summed E-state index contributed by atoms with van der Waals surface area (Å²) >= 11 is 0. The van der Waals surface area contributed by atoms with Crippen LogP contribution in [0.5, 0.6) is 0 Å². The number of rotatable bonds is 14. The molecule has 0 fully saturated rings. The molecule has 0 unspecified atom stereocenters. The van der Waals surface area contributed by atoms with E-state index in [1.807, 2.05) is 18.2 Å². The van der Waals surface area contributed by atoms with Crippen LogP contribution < -0.4 is 0 Å². The van der Waals surface area contributed by atoms with Crippen LogP contribution in [0.1, 0.15) is 82.5 Å². The highest BCUT2D eigenvalue weighted by Gasteiger charge is 2.36. The van der Waals surface area contributed by atoms with Crippen LogP contribution in [0, 0.1) is 0 Å². The van der Waals surface area contributed by atoms with E-state index in [9.17, 15) is 4.79 Å². The van der Waals surface area contributed by atoms with Crippen molar-refractivity contribution in [2.75, 3.05) is 13.2 Å². The average molecular weight is 419 g/mol. The molecule has 0 aliphatic carbocycles. The Labute approximate surface area is 180 Å². The number of benzene rings is 1. The fraction of sp³-hybridized carbons (Fsp3) is 0.640. The Balaban J connectivity index is 1.91. The predicted octanol–water partition coefficient (Wildman–Crippen LogP) is 7.54. The summed E-state index contributed by atoms with van der Waals surface area (Å²) in [6, 6.07) is 9.18.